The summed E-state index contributed by atoms with van der Waals surface area (Å²) in [6, 6.07) is 18.4. The highest BCUT2D eigenvalue weighted by Gasteiger charge is 2.20. The summed E-state index contributed by atoms with van der Waals surface area (Å²) < 4.78 is 2.32. The van der Waals surface area contributed by atoms with E-state index >= 15 is 0 Å². The third kappa shape index (κ3) is 3.30. The molecule has 0 unspecified atom stereocenters. The standard InChI is InChI=1S/C24H25NO2/c1-16(2)17-7-9-18(10-8-17)23-15-20-5-3-4-6-22(20)25(23)21-13-11-19(12-14-21)24(26)27/h7-16H,3-6H2,1-2H3,(H,26,27). The molecule has 1 heterocycles. The van der Waals surface area contributed by atoms with Crippen molar-refractivity contribution in [3.63, 3.8) is 0 Å². The number of aromatic carboxylic acids is 1. The maximum absolute atomic E-state index is 11.2. The highest BCUT2D eigenvalue weighted by Crippen LogP contribution is 2.34. The van der Waals surface area contributed by atoms with Crippen LogP contribution >= 0.6 is 0 Å². The van der Waals surface area contributed by atoms with Crippen LogP contribution in [-0.2, 0) is 12.8 Å². The van der Waals surface area contributed by atoms with E-state index in [9.17, 15) is 9.90 Å². The fourth-order valence-electron chi connectivity index (χ4n) is 4.00. The van der Waals surface area contributed by atoms with Gasteiger partial charge in [0.05, 0.1) is 11.3 Å². The first-order chi connectivity index (χ1) is 13.0. The third-order valence-electron chi connectivity index (χ3n) is 5.55. The Morgan fingerprint density at radius 3 is 2.26 bits per heavy atom. The summed E-state index contributed by atoms with van der Waals surface area (Å²) in [6.07, 6.45) is 4.63. The van der Waals surface area contributed by atoms with E-state index < -0.39 is 5.97 Å². The average Bonchev–Trinajstić information content (AvgIpc) is 3.07. The third-order valence-corrected chi connectivity index (χ3v) is 5.55. The minimum absolute atomic E-state index is 0.322. The predicted molar refractivity (Wildman–Crippen MR) is 109 cm³/mol. The van der Waals surface area contributed by atoms with Crippen LogP contribution in [0.4, 0.5) is 0 Å². The normalized spacial score (nSPS) is 13.6. The van der Waals surface area contributed by atoms with Gasteiger partial charge in [-0.05, 0) is 78.6 Å². The summed E-state index contributed by atoms with van der Waals surface area (Å²) in [5.74, 6) is -0.372. The first kappa shape index (κ1) is 17.6. The highest BCUT2D eigenvalue weighted by atomic mass is 16.4. The van der Waals surface area contributed by atoms with E-state index in [1.54, 1.807) is 12.1 Å². The fraction of sp³-hybridized carbons (Fsp3) is 0.292. The molecule has 27 heavy (non-hydrogen) atoms. The van der Waals surface area contributed by atoms with Crippen LogP contribution < -0.4 is 0 Å². The molecule has 0 saturated carbocycles. The molecule has 0 bridgehead atoms. The van der Waals surface area contributed by atoms with Crippen LogP contribution in [0.5, 0.6) is 0 Å². The molecule has 0 radical (unpaired) electrons. The van der Waals surface area contributed by atoms with Gasteiger partial charge in [-0.15, -0.1) is 0 Å². The van der Waals surface area contributed by atoms with Gasteiger partial charge >= 0.3 is 5.97 Å². The lowest BCUT2D eigenvalue weighted by molar-refractivity contribution is 0.0697. The SMILES string of the molecule is CC(C)c1ccc(-c2cc3c(n2-c2ccc(C(=O)O)cc2)CCCC3)cc1. The van der Waals surface area contributed by atoms with E-state index in [1.807, 2.05) is 12.1 Å². The topological polar surface area (TPSA) is 42.2 Å². The fourth-order valence-corrected chi connectivity index (χ4v) is 4.00. The van der Waals surface area contributed by atoms with E-state index in [2.05, 4.69) is 48.7 Å². The molecular weight excluding hydrogens is 334 g/mol. The maximum Gasteiger partial charge on any atom is 0.335 e. The molecule has 1 aliphatic rings. The lowest BCUT2D eigenvalue weighted by Crippen LogP contribution is -2.08. The number of hydrogen-bond acceptors (Lipinski definition) is 1. The number of nitrogens with zero attached hydrogens (tertiary/aromatic N) is 1. The molecule has 1 aromatic heterocycles. The second kappa shape index (κ2) is 7.07. The smallest absolute Gasteiger partial charge is 0.335 e. The first-order valence-electron chi connectivity index (χ1n) is 9.72. The summed E-state index contributed by atoms with van der Waals surface area (Å²) >= 11 is 0. The quantitative estimate of drug-likeness (QED) is 0.635. The van der Waals surface area contributed by atoms with Crippen molar-refractivity contribution in [2.45, 2.75) is 45.4 Å². The molecule has 0 aliphatic heterocycles. The van der Waals surface area contributed by atoms with Crippen LogP contribution in [-0.4, -0.2) is 15.6 Å². The number of aryl methyl sites for hydroxylation is 1. The Hall–Kier alpha value is -2.81. The molecule has 1 aliphatic carbocycles. The zero-order chi connectivity index (χ0) is 19.0. The largest absolute Gasteiger partial charge is 0.478 e. The molecule has 138 valence electrons. The second-order valence-corrected chi connectivity index (χ2v) is 7.67. The van der Waals surface area contributed by atoms with E-state index in [-0.39, 0.29) is 0 Å². The summed E-state index contributed by atoms with van der Waals surface area (Å²) in [7, 11) is 0. The number of aromatic nitrogens is 1. The van der Waals surface area contributed by atoms with E-state index in [0.717, 1.165) is 18.5 Å². The first-order valence-corrected chi connectivity index (χ1v) is 9.72. The molecule has 1 N–H and O–H groups in total. The molecule has 0 spiro atoms. The van der Waals surface area contributed by atoms with Crippen LogP contribution in [0, 0.1) is 0 Å². The van der Waals surface area contributed by atoms with Crippen molar-refractivity contribution in [3.8, 4) is 16.9 Å². The zero-order valence-corrected chi connectivity index (χ0v) is 15.9. The van der Waals surface area contributed by atoms with Gasteiger partial charge in [-0.2, -0.15) is 0 Å². The minimum atomic E-state index is -0.888. The lowest BCUT2D eigenvalue weighted by atomic mass is 9.97. The van der Waals surface area contributed by atoms with E-state index in [0.29, 0.717) is 11.5 Å². The summed E-state index contributed by atoms with van der Waals surface area (Å²) in [6.45, 7) is 4.42. The highest BCUT2D eigenvalue weighted by molar-refractivity contribution is 5.87. The average molecular weight is 359 g/mol. The van der Waals surface area contributed by atoms with Gasteiger partial charge in [0.25, 0.3) is 0 Å². The van der Waals surface area contributed by atoms with Crippen LogP contribution in [0.25, 0.3) is 16.9 Å². The molecule has 0 atom stereocenters. The van der Waals surface area contributed by atoms with Crippen molar-refractivity contribution in [2.75, 3.05) is 0 Å². The van der Waals surface area contributed by atoms with E-state index in [4.69, 9.17) is 0 Å². The van der Waals surface area contributed by atoms with Crippen molar-refractivity contribution in [3.05, 3.63) is 77.0 Å². The molecule has 0 amide bonds. The Morgan fingerprint density at radius 2 is 1.63 bits per heavy atom. The Labute approximate surface area is 160 Å². The van der Waals surface area contributed by atoms with Gasteiger partial charge in [-0.3, -0.25) is 0 Å². The Kier molecular flexibility index (Phi) is 4.61. The van der Waals surface area contributed by atoms with E-state index in [1.165, 1.54) is 40.9 Å². The van der Waals surface area contributed by atoms with Gasteiger partial charge in [0, 0.05) is 11.4 Å². The lowest BCUT2D eigenvalue weighted by Gasteiger charge is -2.18. The van der Waals surface area contributed by atoms with Gasteiger partial charge in [0.15, 0.2) is 0 Å². The Morgan fingerprint density at radius 1 is 0.963 bits per heavy atom. The monoisotopic (exact) mass is 359 g/mol. The number of hydrogen-bond donors (Lipinski definition) is 1. The van der Waals surface area contributed by atoms with Gasteiger partial charge in [0.2, 0.25) is 0 Å². The van der Waals surface area contributed by atoms with Crippen molar-refractivity contribution >= 4 is 5.97 Å². The number of rotatable bonds is 4. The maximum atomic E-state index is 11.2. The molecule has 3 nitrogen and oxygen atoms in total. The number of carboxylic acids is 1. The predicted octanol–water partition coefficient (Wildman–Crippen LogP) is 5.84. The summed E-state index contributed by atoms with van der Waals surface area (Å²) in [4.78, 5) is 11.2. The van der Waals surface area contributed by atoms with Crippen LogP contribution in [0.3, 0.4) is 0 Å². The van der Waals surface area contributed by atoms with Crippen LogP contribution in [0.1, 0.15) is 59.8 Å². The molecular formula is C24H25NO2. The van der Waals surface area contributed by atoms with Gasteiger partial charge in [0.1, 0.15) is 0 Å². The van der Waals surface area contributed by atoms with Crippen molar-refractivity contribution in [1.82, 2.24) is 4.57 Å². The summed E-state index contributed by atoms with van der Waals surface area (Å²) in [5, 5.41) is 9.19. The summed E-state index contributed by atoms with van der Waals surface area (Å²) in [5.41, 5.74) is 7.89. The van der Waals surface area contributed by atoms with Crippen molar-refractivity contribution in [2.24, 2.45) is 0 Å². The van der Waals surface area contributed by atoms with Gasteiger partial charge < -0.3 is 9.67 Å². The van der Waals surface area contributed by atoms with Crippen molar-refractivity contribution in [1.29, 1.82) is 0 Å². The van der Waals surface area contributed by atoms with Crippen molar-refractivity contribution < 1.29 is 9.90 Å². The second-order valence-electron chi connectivity index (χ2n) is 7.67. The molecule has 3 aromatic rings. The Balaban J connectivity index is 1.84. The number of carboxylic acid groups (broad SMARTS) is 1. The molecule has 4 rings (SSSR count). The van der Waals surface area contributed by atoms with Gasteiger partial charge in [-0.1, -0.05) is 38.1 Å². The van der Waals surface area contributed by atoms with Crippen LogP contribution in [0.15, 0.2) is 54.6 Å². The number of carbonyl (C=O) groups is 1. The van der Waals surface area contributed by atoms with Crippen LogP contribution in [0.2, 0.25) is 0 Å². The molecule has 3 heteroatoms. The Bertz CT molecular complexity index is 963. The molecule has 0 fully saturated rings. The molecule has 0 saturated heterocycles. The molecule has 2 aromatic carbocycles. The minimum Gasteiger partial charge on any atom is -0.478 e. The number of fused-ring (bicyclic) bond motifs is 1. The zero-order valence-electron chi connectivity index (χ0n) is 15.9. The number of benzene rings is 2. The van der Waals surface area contributed by atoms with Gasteiger partial charge in [-0.25, -0.2) is 4.79 Å².